The number of hydrogen-bond acceptors (Lipinski definition) is 5. The fourth-order valence-corrected chi connectivity index (χ4v) is 2.34. The molecule has 0 atom stereocenters. The van der Waals surface area contributed by atoms with Gasteiger partial charge in [-0.05, 0) is 25.3 Å². The number of nitro benzene ring substituents is 1. The summed E-state index contributed by atoms with van der Waals surface area (Å²) in [5, 5.41) is 18.2. The molecule has 0 amide bonds. The number of benzene rings is 1. The highest BCUT2D eigenvalue weighted by atomic mass is 16.6. The highest BCUT2D eigenvalue weighted by Gasteiger charge is 2.16. The van der Waals surface area contributed by atoms with Gasteiger partial charge in [0.15, 0.2) is 0 Å². The summed E-state index contributed by atoms with van der Waals surface area (Å²) in [6.45, 7) is 1.86. The third-order valence-electron chi connectivity index (χ3n) is 3.29. The van der Waals surface area contributed by atoms with Gasteiger partial charge in [-0.2, -0.15) is 5.10 Å². The average Bonchev–Trinajstić information content (AvgIpc) is 2.47. The van der Waals surface area contributed by atoms with Crippen LogP contribution in [0, 0.1) is 10.1 Å². The van der Waals surface area contributed by atoms with Crippen molar-refractivity contribution in [3.8, 4) is 0 Å². The Hall–Kier alpha value is -2.64. The quantitative estimate of drug-likeness (QED) is 0.373. The Balaban J connectivity index is 2.35. The Morgan fingerprint density at radius 1 is 1.29 bits per heavy atom. The first-order valence-corrected chi connectivity index (χ1v) is 6.73. The highest BCUT2D eigenvalue weighted by molar-refractivity contribution is 5.89. The summed E-state index contributed by atoms with van der Waals surface area (Å²) in [7, 11) is 0. The SMILES string of the molecule is NC(N)=N/N=C\c1cc([N+](=O)[O-])ccc1N1CCCCC1. The van der Waals surface area contributed by atoms with Crippen LogP contribution in [0.2, 0.25) is 0 Å². The largest absolute Gasteiger partial charge is 0.371 e. The maximum atomic E-state index is 10.9. The minimum atomic E-state index is -0.433. The molecule has 4 N–H and O–H groups in total. The van der Waals surface area contributed by atoms with E-state index in [1.807, 2.05) is 0 Å². The predicted molar refractivity (Wildman–Crippen MR) is 82.6 cm³/mol. The topological polar surface area (TPSA) is 123 Å². The zero-order valence-corrected chi connectivity index (χ0v) is 11.6. The van der Waals surface area contributed by atoms with Crippen LogP contribution in [-0.2, 0) is 0 Å². The second-order valence-corrected chi connectivity index (χ2v) is 4.82. The molecule has 0 spiro atoms. The lowest BCUT2D eigenvalue weighted by atomic mass is 10.1. The number of anilines is 1. The molecule has 1 aromatic carbocycles. The van der Waals surface area contributed by atoms with Crippen LogP contribution in [0.3, 0.4) is 0 Å². The van der Waals surface area contributed by atoms with E-state index < -0.39 is 4.92 Å². The molecule has 1 fully saturated rings. The summed E-state index contributed by atoms with van der Waals surface area (Å²) >= 11 is 0. The van der Waals surface area contributed by atoms with Crippen LogP contribution >= 0.6 is 0 Å². The maximum absolute atomic E-state index is 10.9. The molecule has 21 heavy (non-hydrogen) atoms. The molecule has 1 aliphatic rings. The molecule has 1 aromatic rings. The molecule has 0 unspecified atom stereocenters. The normalized spacial score (nSPS) is 15.1. The van der Waals surface area contributed by atoms with Gasteiger partial charge in [0, 0.05) is 36.5 Å². The van der Waals surface area contributed by atoms with E-state index in [1.165, 1.54) is 24.8 Å². The van der Waals surface area contributed by atoms with Crippen molar-refractivity contribution in [3.63, 3.8) is 0 Å². The van der Waals surface area contributed by atoms with E-state index in [0.717, 1.165) is 31.6 Å². The lowest BCUT2D eigenvalue weighted by Crippen LogP contribution is -2.30. The minimum Gasteiger partial charge on any atom is -0.371 e. The van der Waals surface area contributed by atoms with Crippen LogP contribution in [0.5, 0.6) is 0 Å². The van der Waals surface area contributed by atoms with E-state index in [4.69, 9.17) is 11.5 Å². The molecule has 1 saturated heterocycles. The number of nitrogens with two attached hydrogens (primary N) is 2. The summed E-state index contributed by atoms with van der Waals surface area (Å²) in [6, 6.07) is 4.73. The molecular weight excluding hydrogens is 272 g/mol. The van der Waals surface area contributed by atoms with Gasteiger partial charge in [0.05, 0.1) is 11.1 Å². The summed E-state index contributed by atoms with van der Waals surface area (Å²) in [5.74, 6) is -0.156. The van der Waals surface area contributed by atoms with Crippen LogP contribution < -0.4 is 16.4 Å². The molecule has 0 radical (unpaired) electrons. The van der Waals surface area contributed by atoms with Gasteiger partial charge in [-0.15, -0.1) is 5.10 Å². The third kappa shape index (κ3) is 3.91. The molecule has 1 heterocycles. The summed E-state index contributed by atoms with van der Waals surface area (Å²) in [5.41, 5.74) is 12.0. The van der Waals surface area contributed by atoms with Crippen molar-refractivity contribution < 1.29 is 4.92 Å². The molecule has 2 rings (SSSR count). The van der Waals surface area contributed by atoms with E-state index in [1.54, 1.807) is 6.07 Å². The second kappa shape index (κ2) is 6.69. The Labute approximate surface area is 122 Å². The number of piperidine rings is 1. The highest BCUT2D eigenvalue weighted by Crippen LogP contribution is 2.26. The number of nitro groups is 1. The Kier molecular flexibility index (Phi) is 4.70. The van der Waals surface area contributed by atoms with Gasteiger partial charge >= 0.3 is 0 Å². The van der Waals surface area contributed by atoms with Crippen LogP contribution in [0.1, 0.15) is 24.8 Å². The van der Waals surface area contributed by atoms with Gasteiger partial charge in [-0.25, -0.2) is 0 Å². The van der Waals surface area contributed by atoms with Crippen molar-refractivity contribution in [1.29, 1.82) is 0 Å². The zero-order chi connectivity index (χ0) is 15.2. The third-order valence-corrected chi connectivity index (χ3v) is 3.29. The van der Waals surface area contributed by atoms with E-state index in [9.17, 15) is 10.1 Å². The van der Waals surface area contributed by atoms with Crippen LogP contribution in [0.25, 0.3) is 0 Å². The monoisotopic (exact) mass is 290 g/mol. The van der Waals surface area contributed by atoms with Crippen molar-refractivity contribution >= 4 is 23.5 Å². The van der Waals surface area contributed by atoms with Gasteiger partial charge in [0.25, 0.3) is 5.69 Å². The fourth-order valence-electron chi connectivity index (χ4n) is 2.34. The van der Waals surface area contributed by atoms with Crippen molar-refractivity contribution in [2.24, 2.45) is 21.7 Å². The molecule has 8 heteroatoms. The molecule has 0 saturated carbocycles. The lowest BCUT2D eigenvalue weighted by Gasteiger charge is -2.29. The van der Waals surface area contributed by atoms with Gasteiger partial charge < -0.3 is 16.4 Å². The molecule has 1 aliphatic heterocycles. The first kappa shape index (κ1) is 14.8. The van der Waals surface area contributed by atoms with E-state index in [2.05, 4.69) is 15.1 Å². The smallest absolute Gasteiger partial charge is 0.270 e. The van der Waals surface area contributed by atoms with Gasteiger partial charge in [-0.3, -0.25) is 10.1 Å². The summed E-state index contributed by atoms with van der Waals surface area (Å²) < 4.78 is 0. The van der Waals surface area contributed by atoms with E-state index in [-0.39, 0.29) is 11.6 Å². The molecule has 0 bridgehead atoms. The molecular formula is C13H18N6O2. The van der Waals surface area contributed by atoms with Gasteiger partial charge in [-0.1, -0.05) is 0 Å². The minimum absolute atomic E-state index is 0.0157. The molecule has 112 valence electrons. The zero-order valence-electron chi connectivity index (χ0n) is 11.6. The maximum Gasteiger partial charge on any atom is 0.270 e. The van der Waals surface area contributed by atoms with Crippen LogP contribution in [-0.4, -0.2) is 30.2 Å². The Bertz CT molecular complexity index is 574. The molecule has 0 aliphatic carbocycles. The first-order chi connectivity index (χ1) is 10.1. The van der Waals surface area contributed by atoms with E-state index in [0.29, 0.717) is 5.56 Å². The second-order valence-electron chi connectivity index (χ2n) is 4.82. The number of hydrogen-bond donors (Lipinski definition) is 2. The van der Waals surface area contributed by atoms with Gasteiger partial charge in [0.2, 0.25) is 5.96 Å². The number of rotatable bonds is 4. The number of nitrogens with zero attached hydrogens (tertiary/aromatic N) is 4. The van der Waals surface area contributed by atoms with Crippen molar-refractivity contribution in [2.75, 3.05) is 18.0 Å². The Morgan fingerprint density at radius 2 is 2.00 bits per heavy atom. The van der Waals surface area contributed by atoms with Crippen LogP contribution in [0.15, 0.2) is 28.4 Å². The first-order valence-electron chi connectivity index (χ1n) is 6.73. The summed E-state index contributed by atoms with van der Waals surface area (Å²) in [4.78, 5) is 12.7. The predicted octanol–water partition coefficient (Wildman–Crippen LogP) is 1.19. The molecule has 8 nitrogen and oxygen atoms in total. The Morgan fingerprint density at radius 3 is 2.62 bits per heavy atom. The van der Waals surface area contributed by atoms with Crippen molar-refractivity contribution in [1.82, 2.24) is 0 Å². The summed E-state index contributed by atoms with van der Waals surface area (Å²) in [6.07, 6.45) is 4.88. The van der Waals surface area contributed by atoms with Crippen molar-refractivity contribution in [2.45, 2.75) is 19.3 Å². The van der Waals surface area contributed by atoms with E-state index >= 15 is 0 Å². The van der Waals surface area contributed by atoms with Gasteiger partial charge in [0.1, 0.15) is 0 Å². The lowest BCUT2D eigenvalue weighted by molar-refractivity contribution is -0.384. The van der Waals surface area contributed by atoms with Crippen molar-refractivity contribution in [3.05, 3.63) is 33.9 Å². The number of non-ortho nitro benzene ring substituents is 1. The molecule has 0 aromatic heterocycles. The standard InChI is InChI=1S/C13H18N6O2/c14-13(15)17-16-9-10-8-11(19(20)21)4-5-12(10)18-6-2-1-3-7-18/h4-5,8-9H,1-3,6-7H2,(H4,14,15,17)/b16-9-. The average molecular weight is 290 g/mol. The fraction of sp³-hybridized carbons (Fsp3) is 0.385. The number of guanidine groups is 1. The van der Waals surface area contributed by atoms with Crippen LogP contribution in [0.4, 0.5) is 11.4 Å².